The average Bonchev–Trinajstić information content (AvgIpc) is 2.90. The highest BCUT2D eigenvalue weighted by molar-refractivity contribution is 7.91. The van der Waals surface area contributed by atoms with E-state index in [1.165, 1.54) is 18.2 Å². The minimum absolute atomic E-state index is 0.268. The molecule has 1 saturated heterocycles. The molecule has 2 aromatic rings. The summed E-state index contributed by atoms with van der Waals surface area (Å²) in [7, 11) is -1.45. The molecule has 2 aromatic carbocycles. The van der Waals surface area contributed by atoms with E-state index in [2.05, 4.69) is 12.1 Å². The molecule has 1 fully saturated rings. The molecule has 0 saturated carbocycles. The Morgan fingerprint density at radius 3 is 2.52 bits per heavy atom. The van der Waals surface area contributed by atoms with Crippen molar-refractivity contribution < 1.29 is 22.7 Å². The summed E-state index contributed by atoms with van der Waals surface area (Å²) in [5.41, 5.74) is 5.25. The molecule has 6 heteroatoms. The summed E-state index contributed by atoms with van der Waals surface area (Å²) in [5.74, 6) is 1.33. The summed E-state index contributed by atoms with van der Waals surface area (Å²) in [4.78, 5) is 11.9. The van der Waals surface area contributed by atoms with Crippen LogP contribution in [0.2, 0.25) is 0 Å². The van der Waals surface area contributed by atoms with Crippen molar-refractivity contribution in [2.75, 3.05) is 25.2 Å². The van der Waals surface area contributed by atoms with Crippen LogP contribution in [-0.2, 0) is 27.4 Å². The highest BCUT2D eigenvalue weighted by Gasteiger charge is 2.24. The van der Waals surface area contributed by atoms with E-state index < -0.39 is 9.84 Å². The van der Waals surface area contributed by atoms with Gasteiger partial charge in [0, 0.05) is 0 Å². The van der Waals surface area contributed by atoms with Gasteiger partial charge in [0.15, 0.2) is 0 Å². The second-order valence-electron chi connectivity index (χ2n) is 7.94. The molecule has 0 radical (unpaired) electrons. The zero-order chi connectivity index (χ0) is 20.4. The van der Waals surface area contributed by atoms with E-state index in [0.717, 1.165) is 36.1 Å². The van der Waals surface area contributed by atoms with Gasteiger partial charge in [-0.2, -0.15) is 0 Å². The number of rotatable bonds is 4. The number of aryl methyl sites for hydroxylation is 2. The lowest BCUT2D eigenvalue weighted by molar-refractivity contribution is 0.0600. The largest absolute Gasteiger partial charge is 0.493 e. The fourth-order valence-corrected chi connectivity index (χ4v) is 5.80. The van der Waals surface area contributed by atoms with E-state index in [-0.39, 0.29) is 17.5 Å². The molecule has 5 nitrogen and oxygen atoms in total. The quantitative estimate of drug-likeness (QED) is 0.711. The maximum Gasteiger partial charge on any atom is 0.337 e. The summed E-state index contributed by atoms with van der Waals surface area (Å²) in [6, 6.07) is 11.9. The van der Waals surface area contributed by atoms with Gasteiger partial charge in [-0.15, -0.1) is 0 Å². The first kappa shape index (κ1) is 20.0. The van der Waals surface area contributed by atoms with E-state index in [1.807, 2.05) is 24.3 Å². The van der Waals surface area contributed by atoms with Gasteiger partial charge in [-0.05, 0) is 84.5 Å². The lowest BCUT2D eigenvalue weighted by Crippen LogP contribution is -2.26. The second-order valence-corrected chi connectivity index (χ2v) is 10.2. The predicted molar refractivity (Wildman–Crippen MR) is 112 cm³/mol. The summed E-state index contributed by atoms with van der Waals surface area (Å²) in [6.07, 6.45) is 4.32. The topological polar surface area (TPSA) is 69.7 Å². The van der Waals surface area contributed by atoms with Crippen molar-refractivity contribution >= 4 is 15.8 Å². The van der Waals surface area contributed by atoms with E-state index >= 15 is 0 Å². The van der Waals surface area contributed by atoms with Crippen molar-refractivity contribution in [1.29, 1.82) is 0 Å². The van der Waals surface area contributed by atoms with Crippen LogP contribution in [0, 0.1) is 5.92 Å². The van der Waals surface area contributed by atoms with Crippen LogP contribution in [0.5, 0.6) is 5.75 Å². The number of hydrogen-bond donors (Lipinski definition) is 0. The summed E-state index contributed by atoms with van der Waals surface area (Å²) >= 11 is 0. The Balaban J connectivity index is 1.53. The van der Waals surface area contributed by atoms with Crippen LogP contribution in [0.1, 0.15) is 40.7 Å². The highest BCUT2D eigenvalue weighted by atomic mass is 32.2. The number of fused-ring (bicyclic) bond motifs is 3. The van der Waals surface area contributed by atoms with Gasteiger partial charge < -0.3 is 9.47 Å². The van der Waals surface area contributed by atoms with Crippen LogP contribution in [0.15, 0.2) is 36.4 Å². The monoisotopic (exact) mass is 414 g/mol. The zero-order valence-electron chi connectivity index (χ0n) is 16.6. The molecule has 29 heavy (non-hydrogen) atoms. The number of sulfone groups is 1. The van der Waals surface area contributed by atoms with Crippen molar-refractivity contribution in [1.82, 2.24) is 0 Å². The molecule has 2 aliphatic rings. The van der Waals surface area contributed by atoms with Gasteiger partial charge in [0.2, 0.25) is 0 Å². The Kier molecular flexibility index (Phi) is 5.63. The van der Waals surface area contributed by atoms with E-state index in [9.17, 15) is 13.2 Å². The van der Waals surface area contributed by atoms with Gasteiger partial charge in [-0.25, -0.2) is 13.2 Å². The number of methoxy groups -OCH3 is 1. The number of esters is 1. The Hall–Kier alpha value is -2.34. The number of carbonyl (C=O) groups is 1. The molecule has 0 N–H and O–H groups in total. The van der Waals surface area contributed by atoms with Crippen LogP contribution < -0.4 is 4.74 Å². The van der Waals surface area contributed by atoms with Gasteiger partial charge in [-0.1, -0.05) is 12.1 Å². The molecule has 0 atom stereocenters. The molecule has 1 aliphatic heterocycles. The first-order valence-corrected chi connectivity index (χ1v) is 11.9. The maximum absolute atomic E-state index is 11.9. The van der Waals surface area contributed by atoms with Crippen LogP contribution in [0.4, 0.5) is 0 Å². The number of carbonyl (C=O) groups excluding carboxylic acids is 1. The fourth-order valence-electron chi connectivity index (χ4n) is 4.21. The van der Waals surface area contributed by atoms with Gasteiger partial charge in [0.25, 0.3) is 0 Å². The molecule has 0 spiro atoms. The van der Waals surface area contributed by atoms with Crippen molar-refractivity contribution in [3.8, 4) is 16.9 Å². The predicted octanol–water partition coefficient (Wildman–Crippen LogP) is 3.83. The van der Waals surface area contributed by atoms with Crippen molar-refractivity contribution in [3.63, 3.8) is 0 Å². The normalized spacial score (nSPS) is 18.2. The smallest absolute Gasteiger partial charge is 0.337 e. The van der Waals surface area contributed by atoms with Crippen molar-refractivity contribution in [2.24, 2.45) is 5.92 Å². The highest BCUT2D eigenvalue weighted by Crippen LogP contribution is 2.35. The Labute approximate surface area is 172 Å². The Morgan fingerprint density at radius 1 is 1.00 bits per heavy atom. The Morgan fingerprint density at radius 2 is 1.76 bits per heavy atom. The third-order valence-corrected chi connectivity index (χ3v) is 7.67. The van der Waals surface area contributed by atoms with Crippen LogP contribution in [0.25, 0.3) is 11.1 Å². The van der Waals surface area contributed by atoms with E-state index in [0.29, 0.717) is 30.9 Å². The minimum atomic E-state index is -2.84. The summed E-state index contributed by atoms with van der Waals surface area (Å²) in [6.45, 7) is 0.553. The zero-order valence-corrected chi connectivity index (χ0v) is 17.5. The van der Waals surface area contributed by atoms with Crippen LogP contribution in [-0.4, -0.2) is 39.6 Å². The molecular formula is C23H26O5S. The van der Waals surface area contributed by atoms with Crippen molar-refractivity contribution in [3.05, 3.63) is 53.1 Å². The lowest BCUT2D eigenvalue weighted by Gasteiger charge is -2.22. The first-order chi connectivity index (χ1) is 13.9. The first-order valence-electron chi connectivity index (χ1n) is 10.1. The standard InChI is InChI=1S/C23H26O5S/c1-27-23(24)19-6-5-17-3-2-4-18-13-20(7-8-21(18)22(17)14-19)28-15-16-9-11-29(25,26)12-10-16/h5-8,13-14,16H,2-4,9-12,15H2,1H3. The molecule has 4 rings (SSSR count). The van der Waals surface area contributed by atoms with E-state index in [4.69, 9.17) is 9.47 Å². The maximum atomic E-state index is 11.9. The average molecular weight is 415 g/mol. The lowest BCUT2D eigenvalue weighted by atomic mass is 9.94. The van der Waals surface area contributed by atoms with Gasteiger partial charge in [0.1, 0.15) is 15.6 Å². The number of hydrogen-bond acceptors (Lipinski definition) is 5. The molecule has 1 heterocycles. The molecule has 0 unspecified atom stereocenters. The number of benzene rings is 2. The molecular weight excluding hydrogens is 388 g/mol. The third-order valence-electron chi connectivity index (χ3n) is 5.95. The fraction of sp³-hybridized carbons (Fsp3) is 0.435. The molecule has 0 amide bonds. The summed E-state index contributed by atoms with van der Waals surface area (Å²) in [5, 5.41) is 0. The van der Waals surface area contributed by atoms with Gasteiger partial charge >= 0.3 is 5.97 Å². The SMILES string of the molecule is COC(=O)c1ccc2c(c1)-c1ccc(OCC3CCS(=O)(=O)CC3)cc1CCC2. The minimum Gasteiger partial charge on any atom is -0.493 e. The molecule has 0 bridgehead atoms. The van der Waals surface area contributed by atoms with Gasteiger partial charge in [0.05, 0.1) is 30.8 Å². The Bertz CT molecular complexity index is 1010. The van der Waals surface area contributed by atoms with Crippen molar-refractivity contribution in [2.45, 2.75) is 32.1 Å². The molecule has 154 valence electrons. The van der Waals surface area contributed by atoms with Crippen LogP contribution in [0.3, 0.4) is 0 Å². The summed E-state index contributed by atoms with van der Waals surface area (Å²) < 4.78 is 34.0. The third kappa shape index (κ3) is 4.47. The molecule has 1 aliphatic carbocycles. The molecule has 0 aromatic heterocycles. The van der Waals surface area contributed by atoms with Crippen LogP contribution >= 0.6 is 0 Å². The van der Waals surface area contributed by atoms with Gasteiger partial charge in [-0.3, -0.25) is 0 Å². The second kappa shape index (κ2) is 8.19. The van der Waals surface area contributed by atoms with E-state index in [1.54, 1.807) is 0 Å². The number of ether oxygens (including phenoxy) is 2.